The van der Waals surface area contributed by atoms with Crippen molar-refractivity contribution in [2.75, 3.05) is 20.3 Å². The Kier molecular flexibility index (Phi) is 2.93. The zero-order valence-electron chi connectivity index (χ0n) is 7.83. The molecule has 1 aromatic carbocycles. The van der Waals surface area contributed by atoms with E-state index in [1.807, 2.05) is 18.2 Å². The van der Waals surface area contributed by atoms with Crippen molar-refractivity contribution < 1.29 is 14.2 Å². The second kappa shape index (κ2) is 4.19. The van der Waals surface area contributed by atoms with Gasteiger partial charge >= 0.3 is 0 Å². The van der Waals surface area contributed by atoms with Crippen LogP contribution in [0, 0.1) is 0 Å². The number of methoxy groups -OCH3 is 1. The summed E-state index contributed by atoms with van der Waals surface area (Å²) < 4.78 is 16.7. The van der Waals surface area contributed by atoms with Gasteiger partial charge in [0.1, 0.15) is 12.7 Å². The van der Waals surface area contributed by atoms with Gasteiger partial charge < -0.3 is 14.2 Å². The maximum Gasteiger partial charge on any atom is 0.161 e. The molecule has 1 unspecified atom stereocenters. The molecule has 3 nitrogen and oxygen atoms in total. The monoisotopic (exact) mass is 258 g/mol. The van der Waals surface area contributed by atoms with Crippen LogP contribution >= 0.6 is 15.9 Å². The molecule has 14 heavy (non-hydrogen) atoms. The molecule has 1 aromatic rings. The first kappa shape index (κ1) is 9.80. The number of rotatable bonds is 4. The minimum Gasteiger partial charge on any atom is -0.493 e. The molecule has 1 fully saturated rings. The third kappa shape index (κ3) is 2.39. The van der Waals surface area contributed by atoms with Gasteiger partial charge in [-0.1, -0.05) is 15.9 Å². The van der Waals surface area contributed by atoms with E-state index in [-0.39, 0.29) is 6.10 Å². The highest BCUT2D eigenvalue weighted by atomic mass is 79.9. The van der Waals surface area contributed by atoms with Crippen LogP contribution in [0.15, 0.2) is 22.7 Å². The molecule has 1 aliphatic rings. The summed E-state index contributed by atoms with van der Waals surface area (Å²) in [5, 5.41) is 0. The van der Waals surface area contributed by atoms with Crippen molar-refractivity contribution in [2.24, 2.45) is 0 Å². The zero-order chi connectivity index (χ0) is 9.97. The first-order valence-corrected chi connectivity index (χ1v) is 5.17. The van der Waals surface area contributed by atoms with Crippen molar-refractivity contribution in [2.45, 2.75) is 6.10 Å². The number of benzene rings is 1. The lowest BCUT2D eigenvalue weighted by molar-refractivity contribution is 0.252. The number of hydrogen-bond acceptors (Lipinski definition) is 3. The van der Waals surface area contributed by atoms with Gasteiger partial charge in [-0.25, -0.2) is 0 Å². The molecule has 1 atom stereocenters. The van der Waals surface area contributed by atoms with Crippen molar-refractivity contribution in [3.63, 3.8) is 0 Å². The molecule has 0 saturated carbocycles. The van der Waals surface area contributed by atoms with E-state index in [1.54, 1.807) is 7.11 Å². The summed E-state index contributed by atoms with van der Waals surface area (Å²) >= 11 is 3.37. The Hall–Kier alpha value is -0.740. The fourth-order valence-corrected chi connectivity index (χ4v) is 1.45. The molecule has 2 rings (SSSR count). The molecule has 1 saturated heterocycles. The highest BCUT2D eigenvalue weighted by Gasteiger charge is 2.23. The van der Waals surface area contributed by atoms with Gasteiger partial charge in [0.15, 0.2) is 11.5 Å². The SMILES string of the molecule is COc1cc(Br)ccc1OCC1CO1. The summed E-state index contributed by atoms with van der Waals surface area (Å²) in [5.74, 6) is 1.49. The molecule has 0 bridgehead atoms. The third-order valence-corrected chi connectivity index (χ3v) is 2.45. The van der Waals surface area contributed by atoms with Crippen LogP contribution < -0.4 is 9.47 Å². The Labute approximate surface area is 91.1 Å². The number of ether oxygens (including phenoxy) is 3. The topological polar surface area (TPSA) is 31.0 Å². The number of hydrogen-bond donors (Lipinski definition) is 0. The van der Waals surface area contributed by atoms with Gasteiger partial charge in [-0.15, -0.1) is 0 Å². The van der Waals surface area contributed by atoms with E-state index < -0.39 is 0 Å². The Morgan fingerprint density at radius 1 is 1.50 bits per heavy atom. The van der Waals surface area contributed by atoms with Gasteiger partial charge in [0.2, 0.25) is 0 Å². The standard InChI is InChI=1S/C10H11BrO3/c1-12-10-4-7(11)2-3-9(10)14-6-8-5-13-8/h2-4,8H,5-6H2,1H3. The molecule has 0 aromatic heterocycles. The van der Waals surface area contributed by atoms with E-state index in [9.17, 15) is 0 Å². The van der Waals surface area contributed by atoms with Crippen LogP contribution in [0.4, 0.5) is 0 Å². The summed E-state index contributed by atoms with van der Waals surface area (Å²) in [6.07, 6.45) is 0.267. The Morgan fingerprint density at radius 2 is 2.29 bits per heavy atom. The second-order valence-corrected chi connectivity index (χ2v) is 3.98. The maximum atomic E-state index is 5.54. The van der Waals surface area contributed by atoms with Gasteiger partial charge in [0.05, 0.1) is 13.7 Å². The van der Waals surface area contributed by atoms with Crippen LogP contribution in [0.2, 0.25) is 0 Å². The van der Waals surface area contributed by atoms with Gasteiger partial charge in [-0.3, -0.25) is 0 Å². The van der Waals surface area contributed by atoms with Crippen LogP contribution in [0.1, 0.15) is 0 Å². The molecule has 1 aliphatic heterocycles. The lowest BCUT2D eigenvalue weighted by atomic mass is 10.3. The lowest BCUT2D eigenvalue weighted by Gasteiger charge is -2.09. The average Bonchev–Trinajstić information content (AvgIpc) is 2.99. The van der Waals surface area contributed by atoms with Gasteiger partial charge in [0, 0.05) is 4.47 Å². The van der Waals surface area contributed by atoms with E-state index in [0.717, 1.165) is 22.6 Å². The Bertz CT molecular complexity index is 323. The van der Waals surface area contributed by atoms with Crippen molar-refractivity contribution >= 4 is 15.9 Å². The molecular formula is C10H11BrO3. The molecular weight excluding hydrogens is 248 g/mol. The molecule has 0 N–H and O–H groups in total. The molecule has 1 heterocycles. The van der Waals surface area contributed by atoms with Crippen molar-refractivity contribution in [1.29, 1.82) is 0 Å². The Balaban J connectivity index is 2.05. The molecule has 0 spiro atoms. The first-order valence-electron chi connectivity index (χ1n) is 4.37. The number of epoxide rings is 1. The largest absolute Gasteiger partial charge is 0.493 e. The summed E-state index contributed by atoms with van der Waals surface area (Å²) in [4.78, 5) is 0. The summed E-state index contributed by atoms with van der Waals surface area (Å²) in [6, 6.07) is 5.68. The molecule has 0 radical (unpaired) electrons. The van der Waals surface area contributed by atoms with E-state index >= 15 is 0 Å². The van der Waals surface area contributed by atoms with Crippen molar-refractivity contribution in [1.82, 2.24) is 0 Å². The van der Waals surface area contributed by atoms with Gasteiger partial charge in [-0.05, 0) is 18.2 Å². The highest BCUT2D eigenvalue weighted by molar-refractivity contribution is 9.10. The van der Waals surface area contributed by atoms with Crippen molar-refractivity contribution in [3.8, 4) is 11.5 Å². The summed E-state index contributed by atoms with van der Waals surface area (Å²) in [6.45, 7) is 1.40. The third-order valence-electron chi connectivity index (χ3n) is 1.95. The predicted octanol–water partition coefficient (Wildman–Crippen LogP) is 2.24. The summed E-state index contributed by atoms with van der Waals surface area (Å²) in [7, 11) is 1.63. The van der Waals surface area contributed by atoms with Gasteiger partial charge in [0.25, 0.3) is 0 Å². The number of halogens is 1. The van der Waals surface area contributed by atoms with Crippen LogP contribution in [0.3, 0.4) is 0 Å². The zero-order valence-corrected chi connectivity index (χ0v) is 9.41. The highest BCUT2D eigenvalue weighted by Crippen LogP contribution is 2.30. The summed E-state index contributed by atoms with van der Waals surface area (Å²) in [5.41, 5.74) is 0. The van der Waals surface area contributed by atoms with Crippen LogP contribution in [0.5, 0.6) is 11.5 Å². The quantitative estimate of drug-likeness (QED) is 0.777. The fraction of sp³-hybridized carbons (Fsp3) is 0.400. The predicted molar refractivity (Wildman–Crippen MR) is 55.9 cm³/mol. The Morgan fingerprint density at radius 3 is 2.93 bits per heavy atom. The fourth-order valence-electron chi connectivity index (χ4n) is 1.11. The van der Waals surface area contributed by atoms with Gasteiger partial charge in [-0.2, -0.15) is 0 Å². The minimum absolute atomic E-state index is 0.267. The van der Waals surface area contributed by atoms with E-state index in [4.69, 9.17) is 14.2 Å². The lowest BCUT2D eigenvalue weighted by Crippen LogP contribution is -2.04. The first-order chi connectivity index (χ1) is 6.79. The normalized spacial score (nSPS) is 19.1. The smallest absolute Gasteiger partial charge is 0.161 e. The molecule has 4 heteroatoms. The van der Waals surface area contributed by atoms with Crippen LogP contribution in [-0.4, -0.2) is 26.4 Å². The van der Waals surface area contributed by atoms with Crippen LogP contribution in [-0.2, 0) is 4.74 Å². The average molecular weight is 259 g/mol. The maximum absolute atomic E-state index is 5.54. The second-order valence-electron chi connectivity index (χ2n) is 3.06. The van der Waals surface area contributed by atoms with Crippen molar-refractivity contribution in [3.05, 3.63) is 22.7 Å². The minimum atomic E-state index is 0.267. The van der Waals surface area contributed by atoms with E-state index in [2.05, 4.69) is 15.9 Å². The molecule has 76 valence electrons. The van der Waals surface area contributed by atoms with Crippen LogP contribution in [0.25, 0.3) is 0 Å². The molecule has 0 aliphatic carbocycles. The van der Waals surface area contributed by atoms with E-state index in [1.165, 1.54) is 0 Å². The molecule has 0 amide bonds. The van der Waals surface area contributed by atoms with E-state index in [0.29, 0.717) is 6.61 Å².